The Bertz CT molecular complexity index is 743. The van der Waals surface area contributed by atoms with Gasteiger partial charge in [0.2, 0.25) is 5.43 Å². The van der Waals surface area contributed by atoms with Gasteiger partial charge in [0.05, 0.1) is 11.2 Å². The molecule has 0 amide bonds. The lowest BCUT2D eigenvalue weighted by molar-refractivity contribution is 0.0267. The van der Waals surface area contributed by atoms with E-state index in [4.69, 9.17) is 4.74 Å². The molecule has 1 aliphatic rings. The Hall–Kier alpha value is -2.10. The van der Waals surface area contributed by atoms with Gasteiger partial charge in [-0.2, -0.15) is 0 Å². The molecular weight excluding hydrogens is 242 g/mol. The van der Waals surface area contributed by atoms with Crippen LogP contribution in [0, 0.1) is 5.92 Å². The lowest BCUT2D eigenvalue weighted by atomic mass is 10.00. The standard InChI is InChI=1S/C15H15NO3/c1-8(2)14-12-11(15(18)19-14)13(17)9-6-4-5-7-10(9)16(12)3/h4-8,14H,1-3H3/t14-/m1/s1. The molecule has 0 spiro atoms. The van der Waals surface area contributed by atoms with Crippen LogP contribution in [0.4, 0.5) is 0 Å². The van der Waals surface area contributed by atoms with Crippen molar-refractivity contribution >= 4 is 16.9 Å². The Morgan fingerprint density at radius 3 is 2.58 bits per heavy atom. The normalized spacial score (nSPS) is 17.9. The summed E-state index contributed by atoms with van der Waals surface area (Å²) in [7, 11) is 1.87. The number of fused-ring (bicyclic) bond motifs is 2. The van der Waals surface area contributed by atoms with Crippen molar-refractivity contribution in [1.82, 2.24) is 4.57 Å². The highest BCUT2D eigenvalue weighted by molar-refractivity contribution is 5.97. The van der Waals surface area contributed by atoms with Gasteiger partial charge in [-0.1, -0.05) is 26.0 Å². The lowest BCUT2D eigenvalue weighted by Crippen LogP contribution is -2.19. The van der Waals surface area contributed by atoms with E-state index in [1.807, 2.05) is 37.6 Å². The maximum Gasteiger partial charge on any atom is 0.344 e. The molecule has 2 heterocycles. The summed E-state index contributed by atoms with van der Waals surface area (Å²) < 4.78 is 7.27. The van der Waals surface area contributed by atoms with Gasteiger partial charge < -0.3 is 9.30 Å². The minimum Gasteiger partial charge on any atom is -0.452 e. The number of nitrogens with zero attached hydrogens (tertiary/aromatic N) is 1. The van der Waals surface area contributed by atoms with Crippen molar-refractivity contribution < 1.29 is 9.53 Å². The molecule has 1 aromatic heterocycles. The maximum atomic E-state index is 12.4. The zero-order valence-corrected chi connectivity index (χ0v) is 11.1. The summed E-state index contributed by atoms with van der Waals surface area (Å²) in [6.07, 6.45) is -0.343. The van der Waals surface area contributed by atoms with Crippen molar-refractivity contribution in [2.75, 3.05) is 0 Å². The predicted octanol–water partition coefficient (Wildman–Crippen LogP) is 2.41. The van der Waals surface area contributed by atoms with Crippen molar-refractivity contribution in [3.8, 4) is 0 Å². The zero-order chi connectivity index (χ0) is 13.7. The third-order valence-corrected chi connectivity index (χ3v) is 3.67. The van der Waals surface area contributed by atoms with Gasteiger partial charge in [-0.3, -0.25) is 4.79 Å². The maximum absolute atomic E-state index is 12.4. The van der Waals surface area contributed by atoms with Gasteiger partial charge in [0.1, 0.15) is 11.7 Å². The Morgan fingerprint density at radius 2 is 1.89 bits per heavy atom. The summed E-state index contributed by atoms with van der Waals surface area (Å²) in [6, 6.07) is 7.32. The molecule has 0 saturated heterocycles. The average molecular weight is 257 g/mol. The minimum absolute atomic E-state index is 0.136. The SMILES string of the molecule is CC(C)[C@H]1OC(=O)c2c1n(C)c1ccccc1c2=O. The number of hydrogen-bond donors (Lipinski definition) is 0. The molecule has 98 valence electrons. The van der Waals surface area contributed by atoms with E-state index in [1.54, 1.807) is 12.1 Å². The molecule has 3 rings (SSSR count). The molecule has 1 aliphatic heterocycles. The first kappa shape index (κ1) is 12.0. The van der Waals surface area contributed by atoms with Crippen molar-refractivity contribution in [1.29, 1.82) is 0 Å². The van der Waals surface area contributed by atoms with E-state index in [2.05, 4.69) is 0 Å². The van der Waals surface area contributed by atoms with E-state index in [-0.39, 0.29) is 23.0 Å². The second kappa shape index (κ2) is 3.95. The van der Waals surface area contributed by atoms with E-state index in [1.165, 1.54) is 0 Å². The summed E-state index contributed by atoms with van der Waals surface area (Å²) in [5.41, 5.74) is 1.50. The van der Waals surface area contributed by atoms with Crippen molar-refractivity contribution in [3.05, 3.63) is 45.7 Å². The molecule has 19 heavy (non-hydrogen) atoms. The first-order valence-corrected chi connectivity index (χ1v) is 6.35. The monoisotopic (exact) mass is 257 g/mol. The number of ether oxygens (including phenoxy) is 1. The second-order valence-corrected chi connectivity index (χ2v) is 5.24. The topological polar surface area (TPSA) is 48.3 Å². The van der Waals surface area contributed by atoms with Crippen LogP contribution in [-0.4, -0.2) is 10.5 Å². The van der Waals surface area contributed by atoms with E-state index >= 15 is 0 Å². The van der Waals surface area contributed by atoms with E-state index in [9.17, 15) is 9.59 Å². The molecule has 0 saturated carbocycles. The highest BCUT2D eigenvalue weighted by Gasteiger charge is 2.38. The average Bonchev–Trinajstić information content (AvgIpc) is 2.74. The van der Waals surface area contributed by atoms with Crippen molar-refractivity contribution in [3.63, 3.8) is 0 Å². The number of pyridine rings is 1. The quantitative estimate of drug-likeness (QED) is 0.737. The summed E-state index contributed by atoms with van der Waals surface area (Å²) in [6.45, 7) is 3.96. The van der Waals surface area contributed by atoms with Crippen LogP contribution in [0.1, 0.15) is 36.0 Å². The molecule has 0 bridgehead atoms. The van der Waals surface area contributed by atoms with E-state index < -0.39 is 5.97 Å². The molecule has 4 heteroatoms. The van der Waals surface area contributed by atoms with Crippen LogP contribution < -0.4 is 5.43 Å². The van der Waals surface area contributed by atoms with Crippen LogP contribution in [0.15, 0.2) is 29.1 Å². The molecule has 0 N–H and O–H groups in total. The number of aryl methyl sites for hydroxylation is 1. The first-order chi connectivity index (χ1) is 9.02. The number of aromatic nitrogens is 1. The number of benzene rings is 1. The molecule has 1 atom stereocenters. The van der Waals surface area contributed by atoms with Crippen LogP contribution >= 0.6 is 0 Å². The summed E-state index contributed by atoms with van der Waals surface area (Å²) in [4.78, 5) is 24.4. The van der Waals surface area contributed by atoms with Crippen molar-refractivity contribution in [2.24, 2.45) is 13.0 Å². The summed E-state index contributed by atoms with van der Waals surface area (Å²) in [5.74, 6) is -0.364. The molecule has 2 aromatic rings. The molecule has 4 nitrogen and oxygen atoms in total. The highest BCUT2D eigenvalue weighted by Crippen LogP contribution is 2.35. The number of carbonyl (C=O) groups excluding carboxylic acids is 1. The highest BCUT2D eigenvalue weighted by atomic mass is 16.5. The number of para-hydroxylation sites is 1. The number of esters is 1. The lowest BCUT2D eigenvalue weighted by Gasteiger charge is -2.18. The third-order valence-electron chi connectivity index (χ3n) is 3.67. The predicted molar refractivity (Wildman–Crippen MR) is 72.2 cm³/mol. The third kappa shape index (κ3) is 1.52. The summed E-state index contributed by atoms with van der Waals surface area (Å²) in [5, 5.41) is 0.560. The molecule has 0 unspecified atom stereocenters. The van der Waals surface area contributed by atoms with Gasteiger partial charge in [-0.25, -0.2) is 4.79 Å². The van der Waals surface area contributed by atoms with Crippen LogP contribution in [-0.2, 0) is 11.8 Å². The van der Waals surface area contributed by atoms with Gasteiger partial charge in [-0.15, -0.1) is 0 Å². The molecule has 0 aliphatic carbocycles. The zero-order valence-electron chi connectivity index (χ0n) is 11.1. The number of carbonyl (C=O) groups is 1. The molecule has 0 fully saturated rings. The number of rotatable bonds is 1. The molecule has 0 radical (unpaired) electrons. The molecule has 1 aromatic carbocycles. The van der Waals surface area contributed by atoms with Crippen LogP contribution in [0.2, 0.25) is 0 Å². The first-order valence-electron chi connectivity index (χ1n) is 6.35. The number of hydrogen-bond acceptors (Lipinski definition) is 3. The van der Waals surface area contributed by atoms with Crippen molar-refractivity contribution in [2.45, 2.75) is 20.0 Å². The van der Waals surface area contributed by atoms with Crippen LogP contribution in [0.25, 0.3) is 10.9 Å². The van der Waals surface area contributed by atoms with Gasteiger partial charge in [0.15, 0.2) is 0 Å². The van der Waals surface area contributed by atoms with Crippen LogP contribution in [0.5, 0.6) is 0 Å². The van der Waals surface area contributed by atoms with Gasteiger partial charge >= 0.3 is 5.97 Å². The summed E-state index contributed by atoms with van der Waals surface area (Å²) >= 11 is 0. The van der Waals surface area contributed by atoms with Crippen LogP contribution in [0.3, 0.4) is 0 Å². The van der Waals surface area contributed by atoms with E-state index in [0.29, 0.717) is 11.1 Å². The largest absolute Gasteiger partial charge is 0.452 e. The Balaban J connectivity index is 2.47. The Kier molecular flexibility index (Phi) is 2.49. The smallest absolute Gasteiger partial charge is 0.344 e. The van der Waals surface area contributed by atoms with Gasteiger partial charge in [0.25, 0.3) is 0 Å². The Morgan fingerprint density at radius 1 is 1.21 bits per heavy atom. The second-order valence-electron chi connectivity index (χ2n) is 5.24. The molecular formula is C15H15NO3. The van der Waals surface area contributed by atoms with Gasteiger partial charge in [-0.05, 0) is 18.1 Å². The van der Waals surface area contributed by atoms with E-state index in [0.717, 1.165) is 5.52 Å². The fourth-order valence-electron chi connectivity index (χ4n) is 2.72. The number of cyclic esters (lactones) is 1. The van der Waals surface area contributed by atoms with Gasteiger partial charge in [0, 0.05) is 12.4 Å². The fraction of sp³-hybridized carbons (Fsp3) is 0.333. The Labute approximate surface area is 110 Å². The fourth-order valence-corrected chi connectivity index (χ4v) is 2.72. The minimum atomic E-state index is -0.500.